The molecule has 31 heavy (non-hydrogen) atoms. The van der Waals surface area contributed by atoms with Gasteiger partial charge in [-0.15, -0.1) is 0 Å². The number of hydroxylamine groups is 1. The molecule has 2 heterocycles. The lowest BCUT2D eigenvalue weighted by atomic mass is 9.90. The molecular formula is C23H16BrFN2O4. The number of rotatable bonds is 3. The van der Waals surface area contributed by atoms with Crippen molar-refractivity contribution in [2.75, 3.05) is 9.96 Å². The highest BCUT2D eigenvalue weighted by molar-refractivity contribution is 9.10. The molecule has 2 aliphatic rings. The van der Waals surface area contributed by atoms with E-state index >= 15 is 0 Å². The lowest BCUT2D eigenvalue weighted by molar-refractivity contribution is -0.126. The Bertz CT molecular complexity index is 1170. The smallest absolute Gasteiger partial charge is 0.266 e. The number of hydrogen-bond acceptors (Lipinski definition) is 5. The van der Waals surface area contributed by atoms with Gasteiger partial charge in [-0.05, 0) is 54.6 Å². The van der Waals surface area contributed by atoms with Crippen molar-refractivity contribution in [3.05, 3.63) is 88.6 Å². The van der Waals surface area contributed by atoms with Crippen LogP contribution in [-0.2, 0) is 14.4 Å². The summed E-state index contributed by atoms with van der Waals surface area (Å²) in [6.07, 6.45) is -1.07. The molecule has 3 atom stereocenters. The number of aromatic hydroxyl groups is 1. The molecule has 156 valence electrons. The number of carbonyl (C=O) groups excluding carboxylic acids is 2. The average Bonchev–Trinajstić information content (AvgIpc) is 3.28. The van der Waals surface area contributed by atoms with Gasteiger partial charge in [0.2, 0.25) is 5.91 Å². The van der Waals surface area contributed by atoms with Gasteiger partial charge >= 0.3 is 0 Å². The summed E-state index contributed by atoms with van der Waals surface area (Å²) in [6, 6.07) is 18.4. The third kappa shape index (κ3) is 3.19. The van der Waals surface area contributed by atoms with Crippen LogP contribution in [0.15, 0.2) is 77.3 Å². The van der Waals surface area contributed by atoms with E-state index in [1.807, 2.05) is 18.2 Å². The van der Waals surface area contributed by atoms with Crippen molar-refractivity contribution < 1.29 is 23.9 Å². The number of anilines is 2. The van der Waals surface area contributed by atoms with E-state index in [1.54, 1.807) is 24.3 Å². The second-order valence-corrected chi connectivity index (χ2v) is 8.27. The van der Waals surface area contributed by atoms with Gasteiger partial charge in [-0.25, -0.2) is 14.4 Å². The summed E-state index contributed by atoms with van der Waals surface area (Å²) < 4.78 is 14.1. The minimum absolute atomic E-state index is 0.0149. The Morgan fingerprint density at radius 1 is 0.903 bits per heavy atom. The first-order valence-corrected chi connectivity index (χ1v) is 10.4. The van der Waals surface area contributed by atoms with Crippen molar-refractivity contribution in [3.8, 4) is 5.75 Å². The van der Waals surface area contributed by atoms with E-state index in [1.165, 1.54) is 35.4 Å². The maximum atomic E-state index is 13.5. The minimum atomic E-state index is -1.07. The van der Waals surface area contributed by atoms with E-state index in [-0.39, 0.29) is 11.4 Å². The minimum Gasteiger partial charge on any atom is -0.508 e. The molecule has 3 aromatic carbocycles. The van der Waals surface area contributed by atoms with Crippen LogP contribution in [-0.4, -0.2) is 23.0 Å². The molecule has 0 aliphatic carbocycles. The van der Waals surface area contributed by atoms with Crippen LogP contribution in [0.4, 0.5) is 15.8 Å². The summed E-state index contributed by atoms with van der Waals surface area (Å²) in [4.78, 5) is 33.7. The summed E-state index contributed by atoms with van der Waals surface area (Å²) in [5.74, 6) is -2.37. The SMILES string of the molecule is O=C1[C@@H]2[C@@H](ON(c3ccccc3)[C@H]2c2cc(Br)ccc2O)C(=O)N1c1ccc(F)cc1. The van der Waals surface area contributed by atoms with Gasteiger partial charge in [0.05, 0.1) is 17.4 Å². The molecule has 0 aromatic heterocycles. The molecule has 3 aromatic rings. The number of para-hydroxylation sites is 1. The number of phenols is 1. The Hall–Kier alpha value is -3.23. The number of amides is 2. The first-order chi connectivity index (χ1) is 15.0. The normalized spacial score (nSPS) is 22.8. The molecule has 0 radical (unpaired) electrons. The first kappa shape index (κ1) is 19.7. The number of nitrogens with zero attached hydrogens (tertiary/aromatic N) is 2. The molecule has 5 rings (SSSR count). The van der Waals surface area contributed by atoms with Crippen molar-refractivity contribution in [3.63, 3.8) is 0 Å². The fourth-order valence-electron chi connectivity index (χ4n) is 4.14. The molecule has 6 nitrogen and oxygen atoms in total. The number of phenolic OH excluding ortho intramolecular Hbond substituents is 1. The number of benzene rings is 3. The van der Waals surface area contributed by atoms with Crippen LogP contribution in [0.2, 0.25) is 0 Å². The lowest BCUT2D eigenvalue weighted by Gasteiger charge is -2.29. The van der Waals surface area contributed by atoms with E-state index in [9.17, 15) is 19.1 Å². The van der Waals surface area contributed by atoms with Crippen LogP contribution in [0.1, 0.15) is 11.6 Å². The lowest BCUT2D eigenvalue weighted by Crippen LogP contribution is -2.37. The van der Waals surface area contributed by atoms with Gasteiger partial charge < -0.3 is 5.11 Å². The summed E-state index contributed by atoms with van der Waals surface area (Å²) in [5, 5.41) is 12.1. The molecule has 0 spiro atoms. The Morgan fingerprint density at radius 2 is 1.61 bits per heavy atom. The molecule has 8 heteroatoms. The summed E-state index contributed by atoms with van der Waals surface area (Å²) in [5.41, 5.74) is 1.38. The second-order valence-electron chi connectivity index (χ2n) is 7.35. The average molecular weight is 483 g/mol. The number of halogens is 2. The van der Waals surface area contributed by atoms with Crippen LogP contribution >= 0.6 is 15.9 Å². The van der Waals surface area contributed by atoms with Crippen LogP contribution in [0.3, 0.4) is 0 Å². The van der Waals surface area contributed by atoms with Crippen LogP contribution in [0.25, 0.3) is 0 Å². The molecule has 0 bridgehead atoms. The zero-order chi connectivity index (χ0) is 21.7. The van der Waals surface area contributed by atoms with E-state index < -0.39 is 35.7 Å². The van der Waals surface area contributed by atoms with E-state index in [0.717, 1.165) is 4.90 Å². The first-order valence-electron chi connectivity index (χ1n) is 9.58. The van der Waals surface area contributed by atoms with Crippen LogP contribution in [0, 0.1) is 11.7 Å². The number of hydrogen-bond donors (Lipinski definition) is 1. The third-order valence-corrected chi connectivity index (χ3v) is 6.01. The summed E-state index contributed by atoms with van der Waals surface area (Å²) in [7, 11) is 0. The zero-order valence-corrected chi connectivity index (χ0v) is 17.6. The molecule has 1 N–H and O–H groups in total. The maximum Gasteiger partial charge on any atom is 0.266 e. The van der Waals surface area contributed by atoms with E-state index in [4.69, 9.17) is 4.84 Å². The topological polar surface area (TPSA) is 70.1 Å². The molecule has 2 saturated heterocycles. The Kier molecular flexibility index (Phi) is 4.75. The number of fused-ring (bicyclic) bond motifs is 1. The monoisotopic (exact) mass is 482 g/mol. The fraction of sp³-hybridized carbons (Fsp3) is 0.130. The van der Waals surface area contributed by atoms with Gasteiger partial charge in [0.15, 0.2) is 6.10 Å². The van der Waals surface area contributed by atoms with Crippen molar-refractivity contribution in [1.29, 1.82) is 0 Å². The zero-order valence-electron chi connectivity index (χ0n) is 16.0. The van der Waals surface area contributed by atoms with Crippen molar-refractivity contribution in [1.82, 2.24) is 0 Å². The largest absolute Gasteiger partial charge is 0.508 e. The van der Waals surface area contributed by atoms with Crippen LogP contribution < -0.4 is 9.96 Å². The molecule has 0 saturated carbocycles. The van der Waals surface area contributed by atoms with E-state index in [0.29, 0.717) is 15.7 Å². The van der Waals surface area contributed by atoms with Gasteiger partial charge in [0.1, 0.15) is 17.5 Å². The van der Waals surface area contributed by atoms with Gasteiger partial charge in [0.25, 0.3) is 5.91 Å². The van der Waals surface area contributed by atoms with Gasteiger partial charge in [-0.2, -0.15) is 0 Å². The highest BCUT2D eigenvalue weighted by Crippen LogP contribution is 2.49. The van der Waals surface area contributed by atoms with Crippen molar-refractivity contribution in [2.45, 2.75) is 12.1 Å². The van der Waals surface area contributed by atoms with Crippen molar-refractivity contribution in [2.24, 2.45) is 5.92 Å². The molecular weight excluding hydrogens is 467 g/mol. The Balaban J connectivity index is 1.62. The molecule has 2 aliphatic heterocycles. The Labute approximate surface area is 185 Å². The Morgan fingerprint density at radius 3 is 2.32 bits per heavy atom. The standard InChI is InChI=1S/C23H16BrFN2O4/c24-13-6-11-18(28)17(12-13)20-19-21(31-27(20)16-4-2-1-3-5-16)23(30)26(22(19)29)15-9-7-14(25)8-10-15/h1-12,19-21,28H/t19-,20-,21+/m0/s1. The second kappa shape index (κ2) is 7.47. The van der Waals surface area contributed by atoms with E-state index in [2.05, 4.69) is 15.9 Å². The quantitative estimate of drug-likeness (QED) is 0.562. The predicted octanol–water partition coefficient (Wildman–Crippen LogP) is 4.34. The van der Waals surface area contributed by atoms with Gasteiger partial charge in [0, 0.05) is 10.0 Å². The van der Waals surface area contributed by atoms with Crippen LogP contribution in [0.5, 0.6) is 5.75 Å². The fourth-order valence-corrected chi connectivity index (χ4v) is 4.51. The highest BCUT2D eigenvalue weighted by atomic mass is 79.9. The maximum absolute atomic E-state index is 13.5. The van der Waals surface area contributed by atoms with Gasteiger partial charge in [-0.1, -0.05) is 34.1 Å². The summed E-state index contributed by atoms with van der Waals surface area (Å²) >= 11 is 3.41. The molecule has 2 fully saturated rings. The predicted molar refractivity (Wildman–Crippen MR) is 115 cm³/mol. The van der Waals surface area contributed by atoms with Crippen molar-refractivity contribution >= 4 is 39.1 Å². The third-order valence-electron chi connectivity index (χ3n) is 5.52. The summed E-state index contributed by atoms with van der Waals surface area (Å²) in [6.45, 7) is 0. The molecule has 2 amide bonds. The van der Waals surface area contributed by atoms with Gasteiger partial charge in [-0.3, -0.25) is 14.4 Å². The highest BCUT2D eigenvalue weighted by Gasteiger charge is 2.60. The molecule has 0 unspecified atom stereocenters. The number of carbonyl (C=O) groups is 2. The number of imide groups is 1.